The highest BCUT2D eigenvalue weighted by molar-refractivity contribution is 5.77. The summed E-state index contributed by atoms with van der Waals surface area (Å²) in [5, 5.41) is 0. The Bertz CT molecular complexity index is 486. The highest BCUT2D eigenvalue weighted by Gasteiger charge is 2.45. The zero-order valence-electron chi connectivity index (χ0n) is 10.8. The highest BCUT2D eigenvalue weighted by atomic mass is 16.6. The van der Waals surface area contributed by atoms with E-state index >= 15 is 0 Å². The number of esters is 1. The van der Waals surface area contributed by atoms with Gasteiger partial charge in [-0.05, 0) is 24.8 Å². The molecule has 0 saturated heterocycles. The molecule has 5 heteroatoms. The lowest BCUT2D eigenvalue weighted by Crippen LogP contribution is -2.18. The fourth-order valence-electron chi connectivity index (χ4n) is 2.12. The van der Waals surface area contributed by atoms with Crippen molar-refractivity contribution in [1.29, 1.82) is 0 Å². The summed E-state index contributed by atoms with van der Waals surface area (Å²) in [6, 6.07) is 8.14. The monoisotopic (exact) mass is 263 g/mol. The first-order valence-corrected chi connectivity index (χ1v) is 6.23. The van der Waals surface area contributed by atoms with Gasteiger partial charge in [0.25, 0.3) is 0 Å². The van der Waals surface area contributed by atoms with Crippen molar-refractivity contribution in [2.45, 2.75) is 19.3 Å². The average molecular weight is 263 g/mol. The van der Waals surface area contributed by atoms with Gasteiger partial charge in [-0.15, -0.1) is 0 Å². The third kappa shape index (κ3) is 3.71. The van der Waals surface area contributed by atoms with Crippen LogP contribution < -0.4 is 5.73 Å². The van der Waals surface area contributed by atoms with Gasteiger partial charge in [-0.25, -0.2) is 4.79 Å². The number of rotatable bonds is 5. The summed E-state index contributed by atoms with van der Waals surface area (Å²) in [6.45, 7) is 2.09. The van der Waals surface area contributed by atoms with Gasteiger partial charge in [0.1, 0.15) is 13.2 Å². The molecule has 1 fully saturated rings. The minimum Gasteiger partial charge on any atom is -0.462 e. The van der Waals surface area contributed by atoms with Gasteiger partial charge < -0.3 is 15.2 Å². The summed E-state index contributed by atoms with van der Waals surface area (Å²) >= 11 is 0. The van der Waals surface area contributed by atoms with E-state index in [4.69, 9.17) is 10.5 Å². The summed E-state index contributed by atoms with van der Waals surface area (Å²) in [7, 11) is 0. The fraction of sp³-hybridized carbons (Fsp3) is 0.429. The van der Waals surface area contributed by atoms with Gasteiger partial charge in [-0.1, -0.05) is 29.8 Å². The van der Waals surface area contributed by atoms with E-state index in [-0.39, 0.29) is 31.0 Å². The van der Waals surface area contributed by atoms with Crippen LogP contribution in [0.15, 0.2) is 24.3 Å². The minimum absolute atomic E-state index is 0.00288. The summed E-state index contributed by atoms with van der Waals surface area (Å²) in [5.41, 5.74) is 7.15. The Morgan fingerprint density at radius 1 is 1.32 bits per heavy atom. The maximum Gasteiger partial charge on any atom is 0.404 e. The molecule has 1 amide bonds. The van der Waals surface area contributed by atoms with E-state index in [1.54, 1.807) is 0 Å². The second kappa shape index (κ2) is 5.73. The van der Waals surface area contributed by atoms with Crippen LogP contribution in [0.4, 0.5) is 4.79 Å². The topological polar surface area (TPSA) is 78.6 Å². The van der Waals surface area contributed by atoms with Crippen molar-refractivity contribution in [3.05, 3.63) is 35.4 Å². The number of benzene rings is 1. The second-order valence-corrected chi connectivity index (χ2v) is 4.70. The highest BCUT2D eigenvalue weighted by Crippen LogP contribution is 2.48. The van der Waals surface area contributed by atoms with E-state index in [1.807, 2.05) is 25.1 Å². The number of carbonyl (C=O) groups is 2. The predicted octanol–water partition coefficient (Wildman–Crippen LogP) is 1.74. The van der Waals surface area contributed by atoms with Crippen LogP contribution in [-0.2, 0) is 14.3 Å². The van der Waals surface area contributed by atoms with Gasteiger partial charge in [0, 0.05) is 0 Å². The van der Waals surface area contributed by atoms with Gasteiger partial charge in [0.2, 0.25) is 0 Å². The van der Waals surface area contributed by atoms with Gasteiger partial charge in [0.15, 0.2) is 0 Å². The van der Waals surface area contributed by atoms with Crippen LogP contribution in [0.1, 0.15) is 23.5 Å². The van der Waals surface area contributed by atoms with Crippen LogP contribution in [0.25, 0.3) is 0 Å². The molecular formula is C14H17NO4. The Morgan fingerprint density at radius 2 is 2.05 bits per heavy atom. The first kappa shape index (κ1) is 13.4. The van der Waals surface area contributed by atoms with Crippen LogP contribution in [0.5, 0.6) is 0 Å². The average Bonchev–Trinajstić information content (AvgIpc) is 3.14. The van der Waals surface area contributed by atoms with E-state index < -0.39 is 6.09 Å². The SMILES string of the molecule is Cc1cccc([C@H]2C[C@H]2C(=O)OCCOC(N)=O)c1. The van der Waals surface area contributed by atoms with E-state index in [1.165, 1.54) is 11.1 Å². The van der Waals surface area contributed by atoms with Crippen molar-refractivity contribution in [2.75, 3.05) is 13.2 Å². The molecule has 1 aliphatic carbocycles. The van der Waals surface area contributed by atoms with E-state index in [0.29, 0.717) is 0 Å². The van der Waals surface area contributed by atoms with Crippen LogP contribution in [0.3, 0.4) is 0 Å². The third-order valence-corrected chi connectivity index (χ3v) is 3.14. The predicted molar refractivity (Wildman–Crippen MR) is 68.5 cm³/mol. The van der Waals surface area contributed by atoms with Crippen LogP contribution in [0.2, 0.25) is 0 Å². The molecule has 2 rings (SSSR count). The minimum atomic E-state index is -0.861. The normalized spacial score (nSPS) is 20.7. The molecular weight excluding hydrogens is 246 g/mol. The molecule has 2 N–H and O–H groups in total. The smallest absolute Gasteiger partial charge is 0.404 e. The molecule has 0 aromatic heterocycles. The number of hydrogen-bond acceptors (Lipinski definition) is 4. The van der Waals surface area contributed by atoms with Crippen molar-refractivity contribution in [3.63, 3.8) is 0 Å². The number of nitrogens with two attached hydrogens (primary N) is 1. The molecule has 1 saturated carbocycles. The molecule has 1 aromatic carbocycles. The Morgan fingerprint density at radius 3 is 2.74 bits per heavy atom. The number of amides is 1. The largest absolute Gasteiger partial charge is 0.462 e. The van der Waals surface area contributed by atoms with Gasteiger partial charge in [0.05, 0.1) is 5.92 Å². The number of aryl methyl sites for hydroxylation is 1. The van der Waals surface area contributed by atoms with Crippen LogP contribution in [0, 0.1) is 12.8 Å². The summed E-state index contributed by atoms with van der Waals surface area (Å²) in [5.74, 6) is -0.0561. The molecule has 0 unspecified atom stereocenters. The molecule has 19 heavy (non-hydrogen) atoms. The quantitative estimate of drug-likeness (QED) is 0.648. The Labute approximate surface area is 111 Å². The van der Waals surface area contributed by atoms with Crippen LogP contribution >= 0.6 is 0 Å². The molecule has 102 valence electrons. The molecule has 0 spiro atoms. The van der Waals surface area contributed by atoms with Crippen molar-refractivity contribution in [1.82, 2.24) is 0 Å². The Kier molecular flexibility index (Phi) is 4.04. The molecule has 0 radical (unpaired) electrons. The third-order valence-electron chi connectivity index (χ3n) is 3.14. The molecule has 0 heterocycles. The zero-order valence-corrected chi connectivity index (χ0v) is 10.8. The zero-order chi connectivity index (χ0) is 13.8. The summed E-state index contributed by atoms with van der Waals surface area (Å²) in [4.78, 5) is 22.0. The number of primary amides is 1. The van der Waals surface area contributed by atoms with E-state index in [9.17, 15) is 9.59 Å². The summed E-state index contributed by atoms with van der Waals surface area (Å²) < 4.78 is 9.51. The maximum absolute atomic E-state index is 11.7. The molecule has 5 nitrogen and oxygen atoms in total. The molecule has 0 aliphatic heterocycles. The molecule has 1 aromatic rings. The lowest BCUT2D eigenvalue weighted by Gasteiger charge is -2.05. The molecule has 0 bridgehead atoms. The van der Waals surface area contributed by atoms with Crippen molar-refractivity contribution in [3.8, 4) is 0 Å². The second-order valence-electron chi connectivity index (χ2n) is 4.70. The van der Waals surface area contributed by atoms with Crippen LogP contribution in [-0.4, -0.2) is 25.3 Å². The standard InChI is InChI=1S/C14H17NO4/c1-9-3-2-4-10(7-9)11-8-12(11)13(16)18-5-6-19-14(15)17/h2-4,7,11-12H,5-6,8H2,1H3,(H2,15,17)/t11-,12-/m1/s1. The van der Waals surface area contributed by atoms with Gasteiger partial charge in [-0.2, -0.15) is 0 Å². The number of hydrogen-bond donors (Lipinski definition) is 1. The number of ether oxygens (including phenoxy) is 2. The maximum atomic E-state index is 11.7. The van der Waals surface area contributed by atoms with Crippen molar-refractivity contribution >= 4 is 12.1 Å². The van der Waals surface area contributed by atoms with Crippen molar-refractivity contribution in [2.24, 2.45) is 11.7 Å². The lowest BCUT2D eigenvalue weighted by atomic mass is 10.1. The lowest BCUT2D eigenvalue weighted by molar-refractivity contribution is -0.146. The Hall–Kier alpha value is -2.04. The fourth-order valence-corrected chi connectivity index (χ4v) is 2.12. The van der Waals surface area contributed by atoms with E-state index in [2.05, 4.69) is 10.8 Å². The number of carbonyl (C=O) groups excluding carboxylic acids is 2. The van der Waals surface area contributed by atoms with Gasteiger partial charge >= 0.3 is 12.1 Å². The van der Waals surface area contributed by atoms with E-state index in [0.717, 1.165) is 6.42 Å². The summed E-state index contributed by atoms with van der Waals surface area (Å²) in [6.07, 6.45) is -0.0426. The van der Waals surface area contributed by atoms with Crippen molar-refractivity contribution < 1.29 is 19.1 Å². The van der Waals surface area contributed by atoms with Gasteiger partial charge in [-0.3, -0.25) is 4.79 Å². The first-order chi connectivity index (χ1) is 9.08. The Balaban J connectivity index is 1.76. The first-order valence-electron chi connectivity index (χ1n) is 6.23. The molecule has 1 aliphatic rings. The molecule has 2 atom stereocenters.